The highest BCUT2D eigenvalue weighted by Crippen LogP contribution is 2.23. The molecule has 4 heteroatoms. The molecule has 1 aliphatic rings. The molecule has 0 radical (unpaired) electrons. The first-order valence-electron chi connectivity index (χ1n) is 8.74. The van der Waals surface area contributed by atoms with Crippen LogP contribution in [0.15, 0.2) is 30.3 Å². The van der Waals surface area contributed by atoms with Crippen molar-refractivity contribution in [3.63, 3.8) is 0 Å². The fourth-order valence-electron chi connectivity index (χ4n) is 3.50. The average Bonchev–Trinajstić information content (AvgIpc) is 2.51. The number of hydrogen-bond donors (Lipinski definition) is 2. The average molecular weight is 318 g/mol. The van der Waals surface area contributed by atoms with Crippen molar-refractivity contribution in [3.05, 3.63) is 35.9 Å². The molecule has 1 fully saturated rings. The minimum absolute atomic E-state index is 0.0240. The fourth-order valence-corrected chi connectivity index (χ4v) is 3.50. The van der Waals surface area contributed by atoms with Crippen molar-refractivity contribution in [3.8, 4) is 0 Å². The van der Waals surface area contributed by atoms with Crippen molar-refractivity contribution in [1.29, 1.82) is 0 Å². The second-order valence-electron chi connectivity index (χ2n) is 7.05. The number of nitrogens with one attached hydrogen (secondary N) is 1. The quantitative estimate of drug-likeness (QED) is 0.874. The summed E-state index contributed by atoms with van der Waals surface area (Å²) >= 11 is 0. The van der Waals surface area contributed by atoms with Crippen LogP contribution in [0.25, 0.3) is 0 Å². The zero-order chi connectivity index (χ0) is 16.8. The first-order chi connectivity index (χ1) is 11.0. The van der Waals surface area contributed by atoms with Crippen LogP contribution in [0.2, 0.25) is 0 Å². The molecule has 4 nitrogen and oxygen atoms in total. The molecular formula is C19H30N2O2. The predicted molar refractivity (Wildman–Crippen MR) is 93.4 cm³/mol. The maximum atomic E-state index is 12.5. The molecule has 1 aliphatic heterocycles. The van der Waals surface area contributed by atoms with E-state index in [0.29, 0.717) is 24.9 Å². The van der Waals surface area contributed by atoms with Crippen molar-refractivity contribution < 1.29 is 9.90 Å². The molecule has 128 valence electrons. The standard InChI is InChI=1S/C19H30N2O2/c1-14-9-10-21(15(2)11-14)19(23)20-13-18(12-16(3)22)17-7-5-4-6-8-17/h4-8,14-16,18,22H,9-13H2,1-3H3,(H,20,23). The van der Waals surface area contributed by atoms with Gasteiger partial charge in [-0.15, -0.1) is 0 Å². The van der Waals surface area contributed by atoms with Gasteiger partial charge in [0, 0.05) is 25.0 Å². The van der Waals surface area contributed by atoms with Crippen LogP contribution in [0.3, 0.4) is 0 Å². The molecular weight excluding hydrogens is 288 g/mol. The van der Waals surface area contributed by atoms with E-state index in [0.717, 1.165) is 24.9 Å². The van der Waals surface area contributed by atoms with Gasteiger partial charge in [0.15, 0.2) is 0 Å². The Balaban J connectivity index is 1.94. The Kier molecular flexibility index (Phi) is 6.46. The van der Waals surface area contributed by atoms with Gasteiger partial charge in [0.05, 0.1) is 6.10 Å². The van der Waals surface area contributed by atoms with Gasteiger partial charge in [0.2, 0.25) is 0 Å². The smallest absolute Gasteiger partial charge is 0.317 e. The third-order valence-electron chi connectivity index (χ3n) is 4.80. The van der Waals surface area contributed by atoms with Crippen molar-refractivity contribution in [2.75, 3.05) is 13.1 Å². The zero-order valence-electron chi connectivity index (χ0n) is 14.5. The summed E-state index contributed by atoms with van der Waals surface area (Å²) in [5.74, 6) is 0.834. The summed E-state index contributed by atoms with van der Waals surface area (Å²) in [6, 6.07) is 10.4. The van der Waals surface area contributed by atoms with E-state index in [-0.39, 0.29) is 18.1 Å². The SMILES string of the molecule is CC(O)CC(CNC(=O)N1CCC(C)CC1C)c1ccccc1. The summed E-state index contributed by atoms with van der Waals surface area (Å²) in [5, 5.41) is 12.8. The van der Waals surface area contributed by atoms with Crippen LogP contribution in [-0.2, 0) is 0 Å². The molecule has 0 spiro atoms. The van der Waals surface area contributed by atoms with E-state index in [1.54, 1.807) is 6.92 Å². The molecule has 1 aromatic rings. The number of nitrogens with zero attached hydrogens (tertiary/aromatic N) is 1. The Morgan fingerprint density at radius 2 is 2.04 bits per heavy atom. The number of likely N-dealkylation sites (tertiary alicyclic amines) is 1. The number of aliphatic hydroxyl groups is 1. The normalized spacial score (nSPS) is 24.1. The Morgan fingerprint density at radius 3 is 2.65 bits per heavy atom. The topological polar surface area (TPSA) is 52.6 Å². The van der Waals surface area contributed by atoms with Gasteiger partial charge in [0.1, 0.15) is 0 Å². The van der Waals surface area contributed by atoms with E-state index in [1.807, 2.05) is 23.1 Å². The van der Waals surface area contributed by atoms with Crippen LogP contribution >= 0.6 is 0 Å². The van der Waals surface area contributed by atoms with Gasteiger partial charge in [-0.1, -0.05) is 37.3 Å². The lowest BCUT2D eigenvalue weighted by atomic mass is 9.93. The summed E-state index contributed by atoms with van der Waals surface area (Å²) in [4.78, 5) is 14.4. The molecule has 1 aromatic carbocycles. The van der Waals surface area contributed by atoms with Gasteiger partial charge in [-0.3, -0.25) is 0 Å². The summed E-state index contributed by atoms with van der Waals surface area (Å²) in [6.45, 7) is 7.57. The van der Waals surface area contributed by atoms with Gasteiger partial charge in [-0.2, -0.15) is 0 Å². The molecule has 23 heavy (non-hydrogen) atoms. The number of aliphatic hydroxyl groups excluding tert-OH is 1. The Labute approximate surface area is 139 Å². The van der Waals surface area contributed by atoms with Gasteiger partial charge in [-0.25, -0.2) is 4.79 Å². The molecule has 1 saturated heterocycles. The minimum atomic E-state index is -0.383. The fraction of sp³-hybridized carbons (Fsp3) is 0.632. The largest absolute Gasteiger partial charge is 0.393 e. The van der Waals surface area contributed by atoms with Gasteiger partial charge >= 0.3 is 6.03 Å². The van der Waals surface area contributed by atoms with Crippen LogP contribution in [0.5, 0.6) is 0 Å². The summed E-state index contributed by atoms with van der Waals surface area (Å²) < 4.78 is 0. The third kappa shape index (κ3) is 5.24. The van der Waals surface area contributed by atoms with E-state index in [9.17, 15) is 9.90 Å². The lowest BCUT2D eigenvalue weighted by molar-refractivity contribution is 0.137. The number of benzene rings is 1. The number of carbonyl (C=O) groups excluding carboxylic acids is 1. The van der Waals surface area contributed by atoms with Crippen molar-refractivity contribution in [1.82, 2.24) is 10.2 Å². The van der Waals surface area contributed by atoms with Crippen LogP contribution in [0.4, 0.5) is 4.79 Å². The van der Waals surface area contributed by atoms with E-state index < -0.39 is 0 Å². The first-order valence-corrected chi connectivity index (χ1v) is 8.74. The lowest BCUT2D eigenvalue weighted by Crippen LogP contribution is -2.49. The highest BCUT2D eigenvalue weighted by Gasteiger charge is 2.27. The minimum Gasteiger partial charge on any atom is -0.393 e. The number of carbonyl (C=O) groups is 1. The Bertz CT molecular complexity index is 489. The first kappa shape index (κ1) is 17.8. The molecule has 1 heterocycles. The monoisotopic (exact) mass is 318 g/mol. The van der Waals surface area contributed by atoms with Crippen molar-refractivity contribution in [2.24, 2.45) is 5.92 Å². The highest BCUT2D eigenvalue weighted by atomic mass is 16.3. The van der Waals surface area contributed by atoms with E-state index in [2.05, 4.69) is 31.3 Å². The number of hydrogen-bond acceptors (Lipinski definition) is 2. The summed E-state index contributed by atoms with van der Waals surface area (Å²) in [7, 11) is 0. The molecule has 0 aliphatic carbocycles. The van der Waals surface area contributed by atoms with Gasteiger partial charge in [0.25, 0.3) is 0 Å². The molecule has 0 saturated carbocycles. The second-order valence-corrected chi connectivity index (χ2v) is 7.05. The second kappa shape index (κ2) is 8.34. The highest BCUT2D eigenvalue weighted by molar-refractivity contribution is 5.74. The number of amides is 2. The summed E-state index contributed by atoms with van der Waals surface area (Å²) in [5.41, 5.74) is 1.16. The van der Waals surface area contributed by atoms with Crippen molar-refractivity contribution in [2.45, 2.75) is 58.1 Å². The third-order valence-corrected chi connectivity index (χ3v) is 4.80. The van der Waals surface area contributed by atoms with Crippen molar-refractivity contribution >= 4 is 6.03 Å². The number of urea groups is 1. The molecule has 0 bridgehead atoms. The molecule has 2 rings (SSSR count). The summed E-state index contributed by atoms with van der Waals surface area (Å²) in [6.07, 6.45) is 2.42. The van der Waals surface area contributed by atoms with E-state index in [4.69, 9.17) is 0 Å². The maximum Gasteiger partial charge on any atom is 0.317 e. The van der Waals surface area contributed by atoms with Gasteiger partial charge < -0.3 is 15.3 Å². The van der Waals surface area contributed by atoms with E-state index in [1.165, 1.54) is 0 Å². The number of piperidine rings is 1. The van der Waals surface area contributed by atoms with Crippen LogP contribution in [0, 0.1) is 5.92 Å². The predicted octanol–water partition coefficient (Wildman–Crippen LogP) is 3.37. The molecule has 4 unspecified atom stereocenters. The molecule has 2 amide bonds. The van der Waals surface area contributed by atoms with Crippen LogP contribution in [0.1, 0.15) is 51.5 Å². The number of rotatable bonds is 5. The molecule has 0 aromatic heterocycles. The molecule has 4 atom stereocenters. The van der Waals surface area contributed by atoms with E-state index >= 15 is 0 Å². The Morgan fingerprint density at radius 1 is 1.35 bits per heavy atom. The lowest BCUT2D eigenvalue weighted by Gasteiger charge is -2.36. The van der Waals surface area contributed by atoms with Gasteiger partial charge in [-0.05, 0) is 44.6 Å². The zero-order valence-corrected chi connectivity index (χ0v) is 14.5. The maximum absolute atomic E-state index is 12.5. The molecule has 2 N–H and O–H groups in total. The van der Waals surface area contributed by atoms with Crippen LogP contribution in [-0.4, -0.2) is 41.3 Å². The Hall–Kier alpha value is -1.55. The van der Waals surface area contributed by atoms with Crippen LogP contribution < -0.4 is 5.32 Å².